The third kappa shape index (κ3) is 3.91. The number of rotatable bonds is 6. The zero-order valence-corrected chi connectivity index (χ0v) is 12.2. The lowest BCUT2D eigenvalue weighted by Gasteiger charge is -2.20. The molecule has 0 aliphatic rings. The molecule has 0 fully saturated rings. The highest BCUT2D eigenvalue weighted by Gasteiger charge is 2.13. The second-order valence-electron chi connectivity index (χ2n) is 5.19. The number of nitrogens with one attached hydrogen (secondary N) is 1. The maximum absolute atomic E-state index is 13.4. The molecule has 2 heteroatoms. The van der Waals surface area contributed by atoms with Crippen molar-refractivity contribution >= 4 is 0 Å². The molecule has 1 nitrogen and oxygen atoms in total. The van der Waals surface area contributed by atoms with Gasteiger partial charge in [-0.1, -0.05) is 43.3 Å². The molecule has 20 heavy (non-hydrogen) atoms. The van der Waals surface area contributed by atoms with Crippen molar-refractivity contribution in [2.45, 2.75) is 32.7 Å². The van der Waals surface area contributed by atoms with Crippen LogP contribution in [0.1, 0.15) is 36.1 Å². The molecule has 0 bridgehead atoms. The van der Waals surface area contributed by atoms with Gasteiger partial charge in [-0.2, -0.15) is 0 Å². The minimum atomic E-state index is -0.159. The molecule has 1 atom stereocenters. The Bertz CT molecular complexity index is 536. The quantitative estimate of drug-likeness (QED) is 0.820. The number of benzene rings is 2. The first-order chi connectivity index (χ1) is 9.70. The van der Waals surface area contributed by atoms with Crippen molar-refractivity contribution in [2.24, 2.45) is 0 Å². The molecule has 106 valence electrons. The molecule has 1 N–H and O–H groups in total. The highest BCUT2D eigenvalue weighted by molar-refractivity contribution is 5.30. The molecule has 0 aliphatic heterocycles. The summed E-state index contributed by atoms with van der Waals surface area (Å²) >= 11 is 0. The van der Waals surface area contributed by atoms with Crippen LogP contribution < -0.4 is 5.32 Å². The first kappa shape index (κ1) is 14.7. The van der Waals surface area contributed by atoms with E-state index in [9.17, 15) is 4.39 Å². The molecule has 0 aliphatic carbocycles. The monoisotopic (exact) mass is 271 g/mol. The van der Waals surface area contributed by atoms with Gasteiger partial charge in [0.1, 0.15) is 5.82 Å². The van der Waals surface area contributed by atoms with Gasteiger partial charge in [0.15, 0.2) is 0 Å². The zero-order chi connectivity index (χ0) is 14.4. The third-order valence-electron chi connectivity index (χ3n) is 3.58. The van der Waals surface area contributed by atoms with E-state index in [0.29, 0.717) is 0 Å². The first-order valence-electron chi connectivity index (χ1n) is 7.24. The standard InChI is InChI=1S/C18H22FN/c1-3-11-20-18(15-7-5-4-6-8-15)13-16-12-17(19)10-9-14(16)2/h4-10,12,18,20H,3,11,13H2,1-2H3. The van der Waals surface area contributed by atoms with Gasteiger partial charge < -0.3 is 5.32 Å². The maximum Gasteiger partial charge on any atom is 0.123 e. The van der Waals surface area contributed by atoms with Gasteiger partial charge in [0.25, 0.3) is 0 Å². The summed E-state index contributed by atoms with van der Waals surface area (Å²) in [6.07, 6.45) is 1.90. The van der Waals surface area contributed by atoms with Crippen LogP contribution in [-0.2, 0) is 6.42 Å². The summed E-state index contributed by atoms with van der Waals surface area (Å²) in [5.74, 6) is -0.159. The highest BCUT2D eigenvalue weighted by atomic mass is 19.1. The van der Waals surface area contributed by atoms with E-state index >= 15 is 0 Å². The van der Waals surface area contributed by atoms with Gasteiger partial charge in [0.2, 0.25) is 0 Å². The Kier molecular flexibility index (Phi) is 5.31. The molecule has 0 heterocycles. The number of hydrogen-bond acceptors (Lipinski definition) is 1. The lowest BCUT2D eigenvalue weighted by atomic mass is 9.96. The van der Waals surface area contributed by atoms with Gasteiger partial charge >= 0.3 is 0 Å². The Morgan fingerprint density at radius 3 is 2.55 bits per heavy atom. The largest absolute Gasteiger partial charge is 0.310 e. The average molecular weight is 271 g/mol. The molecule has 2 aromatic carbocycles. The van der Waals surface area contributed by atoms with Gasteiger partial charge in [0, 0.05) is 6.04 Å². The summed E-state index contributed by atoms with van der Waals surface area (Å²) in [4.78, 5) is 0. The molecule has 0 spiro atoms. The Hall–Kier alpha value is -1.67. The lowest BCUT2D eigenvalue weighted by Crippen LogP contribution is -2.24. The number of hydrogen-bond donors (Lipinski definition) is 1. The predicted molar refractivity (Wildman–Crippen MR) is 82.3 cm³/mol. The maximum atomic E-state index is 13.4. The van der Waals surface area contributed by atoms with Gasteiger partial charge in [-0.05, 0) is 55.1 Å². The third-order valence-corrected chi connectivity index (χ3v) is 3.58. The summed E-state index contributed by atoms with van der Waals surface area (Å²) in [6.45, 7) is 5.16. The van der Waals surface area contributed by atoms with E-state index < -0.39 is 0 Å². The van der Waals surface area contributed by atoms with E-state index in [1.807, 2.05) is 31.2 Å². The molecule has 2 aromatic rings. The Morgan fingerprint density at radius 1 is 1.10 bits per heavy atom. The summed E-state index contributed by atoms with van der Waals surface area (Å²) in [5.41, 5.74) is 3.47. The van der Waals surface area contributed by atoms with Gasteiger partial charge in [-0.15, -0.1) is 0 Å². The molecule has 0 amide bonds. The smallest absolute Gasteiger partial charge is 0.123 e. The molecule has 0 saturated heterocycles. The molecular weight excluding hydrogens is 249 g/mol. The SMILES string of the molecule is CCCNC(Cc1cc(F)ccc1C)c1ccccc1. The fourth-order valence-electron chi connectivity index (χ4n) is 2.39. The first-order valence-corrected chi connectivity index (χ1v) is 7.24. The van der Waals surface area contributed by atoms with Crippen molar-refractivity contribution < 1.29 is 4.39 Å². The summed E-state index contributed by atoms with van der Waals surface area (Å²) in [5, 5.41) is 3.56. The van der Waals surface area contributed by atoms with Crippen LogP contribution in [0.2, 0.25) is 0 Å². The van der Waals surface area contributed by atoms with Crippen LogP contribution in [0.3, 0.4) is 0 Å². The van der Waals surface area contributed by atoms with Crippen LogP contribution in [0.15, 0.2) is 48.5 Å². The molecule has 1 unspecified atom stereocenters. The van der Waals surface area contributed by atoms with Crippen molar-refractivity contribution in [3.63, 3.8) is 0 Å². The number of aryl methyl sites for hydroxylation is 1. The second kappa shape index (κ2) is 7.20. The summed E-state index contributed by atoms with van der Waals surface area (Å²) in [7, 11) is 0. The van der Waals surface area contributed by atoms with Crippen molar-refractivity contribution in [1.29, 1.82) is 0 Å². The highest BCUT2D eigenvalue weighted by Crippen LogP contribution is 2.21. The Morgan fingerprint density at radius 2 is 1.85 bits per heavy atom. The normalized spacial score (nSPS) is 12.3. The molecule has 2 rings (SSSR count). The van der Waals surface area contributed by atoms with E-state index in [-0.39, 0.29) is 11.9 Å². The molecule has 0 radical (unpaired) electrons. The van der Waals surface area contributed by atoms with Crippen LogP contribution in [-0.4, -0.2) is 6.54 Å². The van der Waals surface area contributed by atoms with Gasteiger partial charge in [0.05, 0.1) is 0 Å². The topological polar surface area (TPSA) is 12.0 Å². The average Bonchev–Trinajstić information content (AvgIpc) is 2.48. The van der Waals surface area contributed by atoms with E-state index in [0.717, 1.165) is 30.5 Å². The van der Waals surface area contributed by atoms with E-state index in [1.165, 1.54) is 11.6 Å². The van der Waals surface area contributed by atoms with Crippen LogP contribution in [0, 0.1) is 12.7 Å². The molecular formula is C18H22FN. The van der Waals surface area contributed by atoms with Crippen molar-refractivity contribution in [2.75, 3.05) is 6.54 Å². The Balaban J connectivity index is 2.21. The van der Waals surface area contributed by atoms with E-state index in [1.54, 1.807) is 6.07 Å². The van der Waals surface area contributed by atoms with Crippen LogP contribution in [0.25, 0.3) is 0 Å². The van der Waals surface area contributed by atoms with E-state index in [4.69, 9.17) is 0 Å². The van der Waals surface area contributed by atoms with Crippen molar-refractivity contribution in [3.05, 3.63) is 71.0 Å². The van der Waals surface area contributed by atoms with Crippen LogP contribution in [0.5, 0.6) is 0 Å². The van der Waals surface area contributed by atoms with Crippen LogP contribution in [0.4, 0.5) is 4.39 Å². The fourth-order valence-corrected chi connectivity index (χ4v) is 2.39. The van der Waals surface area contributed by atoms with E-state index in [2.05, 4.69) is 24.4 Å². The van der Waals surface area contributed by atoms with Crippen molar-refractivity contribution in [3.8, 4) is 0 Å². The van der Waals surface area contributed by atoms with Gasteiger partial charge in [-0.3, -0.25) is 0 Å². The summed E-state index contributed by atoms with van der Waals surface area (Å²) in [6, 6.07) is 15.6. The predicted octanol–water partition coefficient (Wildman–Crippen LogP) is 4.42. The minimum absolute atomic E-state index is 0.159. The van der Waals surface area contributed by atoms with Crippen molar-refractivity contribution in [1.82, 2.24) is 5.32 Å². The number of halogens is 1. The fraction of sp³-hybridized carbons (Fsp3) is 0.333. The zero-order valence-electron chi connectivity index (χ0n) is 12.2. The van der Waals surface area contributed by atoms with Crippen LogP contribution >= 0.6 is 0 Å². The Labute approximate surface area is 120 Å². The molecule has 0 saturated carbocycles. The summed E-state index contributed by atoms with van der Waals surface area (Å²) < 4.78 is 13.4. The minimum Gasteiger partial charge on any atom is -0.310 e. The lowest BCUT2D eigenvalue weighted by molar-refractivity contribution is 0.526. The molecule has 0 aromatic heterocycles. The second-order valence-corrected chi connectivity index (χ2v) is 5.19. The van der Waals surface area contributed by atoms with Gasteiger partial charge in [-0.25, -0.2) is 4.39 Å².